The van der Waals surface area contributed by atoms with Crippen molar-refractivity contribution in [3.8, 4) is 0 Å². The van der Waals surface area contributed by atoms with Crippen molar-refractivity contribution in [3.63, 3.8) is 0 Å². The lowest BCUT2D eigenvalue weighted by molar-refractivity contribution is -0.126. The van der Waals surface area contributed by atoms with E-state index in [1.165, 1.54) is 38.3 Å². The van der Waals surface area contributed by atoms with Crippen LogP contribution < -0.4 is 9.62 Å². The van der Waals surface area contributed by atoms with Gasteiger partial charge < -0.3 is 14.4 Å². The summed E-state index contributed by atoms with van der Waals surface area (Å²) in [6, 6.07) is 13.1. The topological polar surface area (TPSA) is 102 Å². The van der Waals surface area contributed by atoms with Crippen LogP contribution in [0, 0.1) is 0 Å². The van der Waals surface area contributed by atoms with Gasteiger partial charge in [-0.2, -0.15) is 0 Å². The third-order valence-electron chi connectivity index (χ3n) is 5.01. The normalized spacial score (nSPS) is 14.6. The van der Waals surface area contributed by atoms with E-state index >= 15 is 0 Å². The van der Waals surface area contributed by atoms with E-state index in [1.54, 1.807) is 4.90 Å². The first kappa shape index (κ1) is 22.9. The fourth-order valence-corrected chi connectivity index (χ4v) is 4.41. The molecule has 0 aliphatic carbocycles. The maximum atomic E-state index is 12.9. The number of para-hydroxylation sites is 1. The van der Waals surface area contributed by atoms with Gasteiger partial charge in [-0.1, -0.05) is 18.2 Å². The summed E-state index contributed by atoms with van der Waals surface area (Å²) in [5, 5.41) is 0. The predicted octanol–water partition coefficient (Wildman–Crippen LogP) is 2.14. The molecule has 1 N–H and O–H groups in total. The van der Waals surface area contributed by atoms with Gasteiger partial charge in [0.15, 0.2) is 6.10 Å². The molecule has 1 aliphatic rings. The zero-order valence-electron chi connectivity index (χ0n) is 17.5. The zero-order chi connectivity index (χ0) is 22.4. The molecular weight excluding hydrogens is 420 g/mol. The molecule has 0 spiro atoms. The Balaban J connectivity index is 1.64. The summed E-state index contributed by atoms with van der Waals surface area (Å²) < 4.78 is 37.0. The van der Waals surface area contributed by atoms with Gasteiger partial charge in [0.25, 0.3) is 5.91 Å². The van der Waals surface area contributed by atoms with Crippen molar-refractivity contribution in [3.05, 3.63) is 59.7 Å². The molecule has 0 saturated heterocycles. The summed E-state index contributed by atoms with van der Waals surface area (Å²) in [7, 11) is -2.22. The number of amides is 1. The Morgan fingerprint density at radius 2 is 1.84 bits per heavy atom. The van der Waals surface area contributed by atoms with Crippen LogP contribution in [0.2, 0.25) is 0 Å². The standard InChI is InChI=1S/C22H26N2O6S/c1-16(21(25)24-14-5-7-17-6-3-4-8-20(17)24)30-22(26)18-9-11-19(12-10-18)31(27,28)23-13-15-29-2/h3-4,6,8-12,16,23H,5,7,13-15H2,1-2H3/t16-/m1/s1. The van der Waals surface area contributed by atoms with Crippen LogP contribution in [0.25, 0.3) is 0 Å². The SMILES string of the molecule is COCCNS(=O)(=O)c1ccc(C(=O)O[C@H](C)C(=O)N2CCCc3ccccc32)cc1. The first-order valence-corrected chi connectivity index (χ1v) is 11.5. The second-order valence-electron chi connectivity index (χ2n) is 7.18. The highest BCUT2D eigenvalue weighted by Gasteiger charge is 2.28. The van der Waals surface area contributed by atoms with Gasteiger partial charge in [-0.15, -0.1) is 0 Å². The number of fused-ring (bicyclic) bond motifs is 1. The monoisotopic (exact) mass is 446 g/mol. The molecule has 8 nitrogen and oxygen atoms in total. The van der Waals surface area contributed by atoms with Crippen molar-refractivity contribution in [1.82, 2.24) is 4.72 Å². The van der Waals surface area contributed by atoms with E-state index in [4.69, 9.17) is 9.47 Å². The fourth-order valence-electron chi connectivity index (χ4n) is 3.39. The van der Waals surface area contributed by atoms with Gasteiger partial charge in [0.2, 0.25) is 10.0 Å². The molecule has 1 aliphatic heterocycles. The number of hydrogen-bond donors (Lipinski definition) is 1. The van der Waals surface area contributed by atoms with E-state index in [2.05, 4.69) is 4.72 Å². The molecule has 2 aromatic rings. The largest absolute Gasteiger partial charge is 0.449 e. The average Bonchev–Trinajstić information content (AvgIpc) is 2.78. The first-order chi connectivity index (χ1) is 14.8. The molecule has 0 bridgehead atoms. The Hall–Kier alpha value is -2.75. The number of carbonyl (C=O) groups excluding carboxylic acids is 2. The average molecular weight is 447 g/mol. The molecule has 0 aromatic heterocycles. The minimum absolute atomic E-state index is 0.0224. The molecule has 166 valence electrons. The van der Waals surface area contributed by atoms with Crippen LogP contribution in [-0.4, -0.2) is 53.2 Å². The molecule has 3 rings (SSSR count). The third-order valence-corrected chi connectivity index (χ3v) is 6.48. The fraction of sp³-hybridized carbons (Fsp3) is 0.364. The number of rotatable bonds is 8. The number of nitrogens with zero attached hydrogens (tertiary/aromatic N) is 1. The maximum Gasteiger partial charge on any atom is 0.338 e. The molecule has 31 heavy (non-hydrogen) atoms. The van der Waals surface area contributed by atoms with Crippen LogP contribution in [0.3, 0.4) is 0 Å². The first-order valence-electron chi connectivity index (χ1n) is 10.0. The lowest BCUT2D eigenvalue weighted by atomic mass is 10.0. The number of sulfonamides is 1. The number of carbonyl (C=O) groups is 2. The van der Waals surface area contributed by atoms with Gasteiger partial charge in [0.1, 0.15) is 0 Å². The number of hydrogen-bond acceptors (Lipinski definition) is 6. The van der Waals surface area contributed by atoms with Crippen LogP contribution in [0.1, 0.15) is 29.3 Å². The second-order valence-corrected chi connectivity index (χ2v) is 8.95. The molecule has 0 fully saturated rings. The van der Waals surface area contributed by atoms with Crippen LogP contribution >= 0.6 is 0 Å². The van der Waals surface area contributed by atoms with Crippen LogP contribution in [0.5, 0.6) is 0 Å². The van der Waals surface area contributed by atoms with Crippen LogP contribution in [0.15, 0.2) is 53.4 Å². The van der Waals surface area contributed by atoms with Gasteiger partial charge in [-0.05, 0) is 55.7 Å². The van der Waals surface area contributed by atoms with Crippen LogP contribution in [-0.2, 0) is 30.7 Å². The van der Waals surface area contributed by atoms with Gasteiger partial charge in [0, 0.05) is 25.9 Å². The van der Waals surface area contributed by atoms with E-state index in [0.29, 0.717) is 6.54 Å². The van der Waals surface area contributed by atoms with E-state index < -0.39 is 22.1 Å². The second kappa shape index (κ2) is 10.0. The number of methoxy groups -OCH3 is 1. The van der Waals surface area contributed by atoms with Gasteiger partial charge >= 0.3 is 5.97 Å². The Labute approximate surface area is 182 Å². The summed E-state index contributed by atoms with van der Waals surface area (Å²) in [4.78, 5) is 27.0. The lowest BCUT2D eigenvalue weighted by Crippen LogP contribution is -2.42. The third kappa shape index (κ3) is 5.49. The zero-order valence-corrected chi connectivity index (χ0v) is 18.4. The summed E-state index contributed by atoms with van der Waals surface area (Å²) in [5.74, 6) is -0.982. The Morgan fingerprint density at radius 3 is 2.55 bits per heavy atom. The van der Waals surface area contributed by atoms with Crippen molar-refractivity contribution < 1.29 is 27.5 Å². The van der Waals surface area contributed by atoms with Crippen molar-refractivity contribution in [2.75, 3.05) is 31.7 Å². The Kier molecular flexibility index (Phi) is 7.42. The highest BCUT2D eigenvalue weighted by molar-refractivity contribution is 7.89. The molecule has 1 amide bonds. The Morgan fingerprint density at radius 1 is 1.13 bits per heavy atom. The highest BCUT2D eigenvalue weighted by Crippen LogP contribution is 2.27. The van der Waals surface area contributed by atoms with Crippen molar-refractivity contribution in [2.45, 2.75) is 30.8 Å². The number of ether oxygens (including phenoxy) is 2. The van der Waals surface area contributed by atoms with E-state index in [1.807, 2.05) is 24.3 Å². The molecule has 9 heteroatoms. The molecule has 0 saturated carbocycles. The van der Waals surface area contributed by atoms with Crippen molar-refractivity contribution in [2.24, 2.45) is 0 Å². The molecular formula is C22H26N2O6S. The molecule has 1 heterocycles. The highest BCUT2D eigenvalue weighted by atomic mass is 32.2. The summed E-state index contributed by atoms with van der Waals surface area (Å²) in [6.07, 6.45) is 0.777. The quantitative estimate of drug-likeness (QED) is 0.492. The van der Waals surface area contributed by atoms with E-state index in [-0.39, 0.29) is 29.5 Å². The van der Waals surface area contributed by atoms with Gasteiger partial charge in [0.05, 0.1) is 17.1 Å². The maximum absolute atomic E-state index is 12.9. The minimum atomic E-state index is -3.70. The molecule has 1 atom stereocenters. The van der Waals surface area contributed by atoms with Gasteiger partial charge in [-0.25, -0.2) is 17.9 Å². The molecule has 0 unspecified atom stereocenters. The van der Waals surface area contributed by atoms with Gasteiger partial charge in [-0.3, -0.25) is 4.79 Å². The molecule has 2 aromatic carbocycles. The lowest BCUT2D eigenvalue weighted by Gasteiger charge is -2.31. The summed E-state index contributed by atoms with van der Waals surface area (Å²) >= 11 is 0. The van der Waals surface area contributed by atoms with Crippen LogP contribution in [0.4, 0.5) is 5.69 Å². The van der Waals surface area contributed by atoms with E-state index in [9.17, 15) is 18.0 Å². The minimum Gasteiger partial charge on any atom is -0.449 e. The number of benzene rings is 2. The molecule has 0 radical (unpaired) electrons. The van der Waals surface area contributed by atoms with Crippen molar-refractivity contribution in [1.29, 1.82) is 0 Å². The number of aryl methyl sites for hydroxylation is 1. The number of esters is 1. The van der Waals surface area contributed by atoms with E-state index in [0.717, 1.165) is 24.1 Å². The summed E-state index contributed by atoms with van der Waals surface area (Å²) in [5.41, 5.74) is 2.10. The number of nitrogens with one attached hydrogen (secondary N) is 1. The predicted molar refractivity (Wildman–Crippen MR) is 116 cm³/mol. The summed E-state index contributed by atoms with van der Waals surface area (Å²) in [6.45, 7) is 2.50. The smallest absolute Gasteiger partial charge is 0.338 e. The van der Waals surface area contributed by atoms with Crippen molar-refractivity contribution >= 4 is 27.6 Å². The Bertz CT molecular complexity index is 1040. The number of anilines is 1.